The van der Waals surface area contributed by atoms with Crippen LogP contribution in [0.25, 0.3) is 0 Å². The van der Waals surface area contributed by atoms with Gasteiger partial charge in [-0.15, -0.1) is 24.0 Å². The normalized spacial score (nSPS) is 15.3. The first-order chi connectivity index (χ1) is 10.7. The van der Waals surface area contributed by atoms with Crippen LogP contribution in [0, 0.1) is 0 Å². The van der Waals surface area contributed by atoms with Crippen LogP contribution in [0.1, 0.15) is 24.8 Å². The lowest BCUT2D eigenvalue weighted by atomic mass is 10.2. The molecular formula is C16H25Cl2IN4. The van der Waals surface area contributed by atoms with E-state index in [9.17, 15) is 0 Å². The molecule has 7 heteroatoms. The van der Waals surface area contributed by atoms with E-state index >= 15 is 0 Å². The van der Waals surface area contributed by atoms with Crippen LogP contribution >= 0.6 is 47.2 Å². The zero-order valence-corrected chi connectivity index (χ0v) is 17.3. The standard InChI is InChI=1S/C16H24Cl2N4.HI/c1-19-16(20-7-4-10-22-8-2-3-9-22)21-12-13-5-6-14(17)11-15(13)18;/h5-6,11H,2-4,7-10,12H2,1H3,(H2,19,20,21);1H. The lowest BCUT2D eigenvalue weighted by Crippen LogP contribution is -2.38. The van der Waals surface area contributed by atoms with Gasteiger partial charge in [-0.3, -0.25) is 4.99 Å². The third-order valence-electron chi connectivity index (χ3n) is 3.83. The van der Waals surface area contributed by atoms with Gasteiger partial charge in [-0.1, -0.05) is 29.3 Å². The van der Waals surface area contributed by atoms with Gasteiger partial charge in [-0.2, -0.15) is 0 Å². The van der Waals surface area contributed by atoms with Gasteiger partial charge >= 0.3 is 0 Å². The fraction of sp³-hybridized carbons (Fsp3) is 0.562. The number of hydrogen-bond acceptors (Lipinski definition) is 2. The summed E-state index contributed by atoms with van der Waals surface area (Å²) in [6.45, 7) is 5.21. The van der Waals surface area contributed by atoms with E-state index in [0.29, 0.717) is 16.6 Å². The first-order valence-corrected chi connectivity index (χ1v) is 8.55. The predicted molar refractivity (Wildman–Crippen MR) is 110 cm³/mol. The Morgan fingerprint density at radius 1 is 1.22 bits per heavy atom. The van der Waals surface area contributed by atoms with Crippen LogP contribution in [-0.2, 0) is 6.54 Å². The Morgan fingerprint density at radius 2 is 1.96 bits per heavy atom. The molecule has 0 amide bonds. The quantitative estimate of drug-likeness (QED) is 0.288. The summed E-state index contributed by atoms with van der Waals surface area (Å²) < 4.78 is 0. The molecule has 0 spiro atoms. The maximum Gasteiger partial charge on any atom is 0.191 e. The topological polar surface area (TPSA) is 39.7 Å². The van der Waals surface area contributed by atoms with Crippen molar-refractivity contribution in [1.29, 1.82) is 0 Å². The fourth-order valence-corrected chi connectivity index (χ4v) is 3.06. The molecule has 0 aliphatic carbocycles. The Balaban J connectivity index is 0.00000264. The minimum absolute atomic E-state index is 0. The molecule has 130 valence electrons. The summed E-state index contributed by atoms with van der Waals surface area (Å²) in [5, 5.41) is 7.93. The number of aliphatic imine (C=N–C) groups is 1. The van der Waals surface area contributed by atoms with Crippen LogP contribution in [0.5, 0.6) is 0 Å². The van der Waals surface area contributed by atoms with Crippen molar-refractivity contribution in [3.63, 3.8) is 0 Å². The monoisotopic (exact) mass is 470 g/mol. The Labute approximate surface area is 166 Å². The zero-order valence-electron chi connectivity index (χ0n) is 13.4. The largest absolute Gasteiger partial charge is 0.356 e. The van der Waals surface area contributed by atoms with Gasteiger partial charge in [0.1, 0.15) is 0 Å². The highest BCUT2D eigenvalue weighted by atomic mass is 127. The average molecular weight is 471 g/mol. The SMILES string of the molecule is CN=C(NCCCN1CCCC1)NCc1ccc(Cl)cc1Cl.I. The molecule has 0 saturated carbocycles. The highest BCUT2D eigenvalue weighted by molar-refractivity contribution is 14.0. The van der Waals surface area contributed by atoms with E-state index in [-0.39, 0.29) is 24.0 Å². The fourth-order valence-electron chi connectivity index (χ4n) is 2.58. The molecule has 1 heterocycles. The third kappa shape index (κ3) is 7.45. The highest BCUT2D eigenvalue weighted by Gasteiger charge is 2.10. The summed E-state index contributed by atoms with van der Waals surface area (Å²) in [6.07, 6.45) is 3.82. The van der Waals surface area contributed by atoms with Crippen LogP contribution < -0.4 is 10.6 Å². The van der Waals surface area contributed by atoms with Crippen molar-refractivity contribution in [2.75, 3.05) is 33.2 Å². The van der Waals surface area contributed by atoms with E-state index in [4.69, 9.17) is 23.2 Å². The molecular weight excluding hydrogens is 446 g/mol. The second-order valence-corrected chi connectivity index (χ2v) is 6.33. The van der Waals surface area contributed by atoms with Gasteiger partial charge < -0.3 is 15.5 Å². The summed E-state index contributed by atoms with van der Waals surface area (Å²) >= 11 is 12.1. The van der Waals surface area contributed by atoms with Crippen molar-refractivity contribution in [3.05, 3.63) is 33.8 Å². The van der Waals surface area contributed by atoms with Gasteiger partial charge in [0.2, 0.25) is 0 Å². The van der Waals surface area contributed by atoms with Crippen molar-refractivity contribution in [2.45, 2.75) is 25.8 Å². The van der Waals surface area contributed by atoms with E-state index in [2.05, 4.69) is 20.5 Å². The molecule has 1 saturated heterocycles. The smallest absolute Gasteiger partial charge is 0.191 e. The average Bonchev–Trinajstić information content (AvgIpc) is 3.01. The molecule has 0 bridgehead atoms. The Morgan fingerprint density at radius 3 is 2.61 bits per heavy atom. The minimum Gasteiger partial charge on any atom is -0.356 e. The third-order valence-corrected chi connectivity index (χ3v) is 4.41. The summed E-state index contributed by atoms with van der Waals surface area (Å²) in [4.78, 5) is 6.75. The first kappa shape index (κ1) is 20.8. The highest BCUT2D eigenvalue weighted by Crippen LogP contribution is 2.20. The lowest BCUT2D eigenvalue weighted by Gasteiger charge is -2.16. The molecule has 1 aromatic carbocycles. The van der Waals surface area contributed by atoms with Crippen LogP contribution in [0.4, 0.5) is 0 Å². The van der Waals surface area contributed by atoms with E-state index in [1.807, 2.05) is 12.1 Å². The number of benzene rings is 1. The molecule has 1 aromatic rings. The molecule has 2 rings (SSSR count). The molecule has 0 unspecified atom stereocenters. The minimum atomic E-state index is 0. The van der Waals surface area contributed by atoms with Crippen LogP contribution in [-0.4, -0.2) is 44.1 Å². The number of rotatable bonds is 6. The van der Waals surface area contributed by atoms with Crippen molar-refractivity contribution in [3.8, 4) is 0 Å². The van der Waals surface area contributed by atoms with Gasteiger partial charge in [0.05, 0.1) is 0 Å². The second kappa shape index (κ2) is 11.3. The molecule has 2 N–H and O–H groups in total. The summed E-state index contributed by atoms with van der Waals surface area (Å²) in [6, 6.07) is 5.53. The maximum atomic E-state index is 6.17. The van der Waals surface area contributed by atoms with Gasteiger partial charge in [0.15, 0.2) is 5.96 Å². The molecule has 0 aromatic heterocycles. The Kier molecular flexibility index (Phi) is 10.3. The number of hydrogen-bond donors (Lipinski definition) is 2. The van der Waals surface area contributed by atoms with Gasteiger partial charge in [0, 0.05) is 30.2 Å². The summed E-state index contributed by atoms with van der Waals surface area (Å²) in [5.41, 5.74) is 1.01. The summed E-state index contributed by atoms with van der Waals surface area (Å²) in [7, 11) is 1.78. The van der Waals surface area contributed by atoms with Crippen molar-refractivity contribution >= 4 is 53.1 Å². The first-order valence-electron chi connectivity index (χ1n) is 7.80. The number of likely N-dealkylation sites (tertiary alicyclic amines) is 1. The van der Waals surface area contributed by atoms with Crippen molar-refractivity contribution in [1.82, 2.24) is 15.5 Å². The molecule has 0 radical (unpaired) electrons. The lowest BCUT2D eigenvalue weighted by molar-refractivity contribution is 0.334. The molecule has 23 heavy (non-hydrogen) atoms. The van der Waals surface area contributed by atoms with E-state index in [1.165, 1.54) is 25.9 Å². The molecule has 1 fully saturated rings. The number of halogens is 3. The Bertz CT molecular complexity index is 505. The van der Waals surface area contributed by atoms with Crippen LogP contribution in [0.3, 0.4) is 0 Å². The van der Waals surface area contributed by atoms with E-state index in [1.54, 1.807) is 13.1 Å². The number of nitrogens with one attached hydrogen (secondary N) is 2. The predicted octanol–water partition coefficient (Wildman–Crippen LogP) is 3.76. The zero-order chi connectivity index (χ0) is 15.8. The van der Waals surface area contributed by atoms with Crippen LogP contribution in [0.2, 0.25) is 10.0 Å². The molecule has 0 atom stereocenters. The van der Waals surface area contributed by atoms with Crippen molar-refractivity contribution in [2.24, 2.45) is 4.99 Å². The number of guanidine groups is 1. The maximum absolute atomic E-state index is 6.17. The summed E-state index contributed by atoms with van der Waals surface area (Å²) in [5.74, 6) is 0.799. The molecule has 1 aliphatic heterocycles. The number of nitrogens with zero attached hydrogens (tertiary/aromatic N) is 2. The second-order valence-electron chi connectivity index (χ2n) is 5.49. The van der Waals surface area contributed by atoms with Crippen molar-refractivity contribution < 1.29 is 0 Å². The van der Waals surface area contributed by atoms with E-state index < -0.39 is 0 Å². The Hall–Kier alpha value is -0.240. The van der Waals surface area contributed by atoms with Gasteiger partial charge in [-0.25, -0.2) is 0 Å². The molecule has 1 aliphatic rings. The van der Waals surface area contributed by atoms with Gasteiger partial charge in [0.25, 0.3) is 0 Å². The van der Waals surface area contributed by atoms with E-state index in [0.717, 1.165) is 31.0 Å². The van der Waals surface area contributed by atoms with Crippen LogP contribution in [0.15, 0.2) is 23.2 Å². The van der Waals surface area contributed by atoms with Gasteiger partial charge in [-0.05, 0) is 56.6 Å². The molecule has 4 nitrogen and oxygen atoms in total.